The number of thiazole rings is 1. The molecule has 4 heterocycles. The summed E-state index contributed by atoms with van der Waals surface area (Å²) in [5, 5.41) is 3.35. The van der Waals surface area contributed by atoms with Gasteiger partial charge in [0.25, 0.3) is 31.7 Å². The van der Waals surface area contributed by atoms with Gasteiger partial charge in [-0.3, -0.25) is 19.8 Å². The number of alkyl halides is 3. The summed E-state index contributed by atoms with van der Waals surface area (Å²) in [5.74, 6) is -1.08. The fourth-order valence-corrected chi connectivity index (χ4v) is 11.8. The molecule has 0 spiro atoms. The topological polar surface area (TPSA) is 168 Å². The molecular weight excluding hydrogens is 922 g/mol. The minimum absolute atomic E-state index is 0.0888. The number of hydrogen-bond acceptors (Lipinski definition) is 13. The van der Waals surface area contributed by atoms with Gasteiger partial charge < -0.3 is 9.64 Å². The Morgan fingerprint density at radius 2 is 1.60 bits per heavy atom. The number of rotatable bonds is 15. The second-order valence-corrected chi connectivity index (χ2v) is 21.2. The molecule has 2 aliphatic rings. The van der Waals surface area contributed by atoms with E-state index in [-0.39, 0.29) is 36.0 Å². The number of carbonyl (C=O) groups is 2. The summed E-state index contributed by atoms with van der Waals surface area (Å²) in [7, 11) is -11.0. The Hall–Kier alpha value is -5.38. The molecule has 4 aromatic carbocycles. The molecule has 0 bridgehead atoms. The fourth-order valence-electron chi connectivity index (χ4n) is 7.76. The Balaban J connectivity index is 1.000. The van der Waals surface area contributed by atoms with Crippen LogP contribution in [0.3, 0.4) is 0 Å². The zero-order chi connectivity index (χ0) is 45.8. The molecule has 65 heavy (non-hydrogen) atoms. The van der Waals surface area contributed by atoms with Crippen LogP contribution in [0.4, 0.5) is 24.1 Å². The number of pyridine rings is 1. The first-order valence-electron chi connectivity index (χ1n) is 20.6. The molecule has 340 valence electrons. The lowest BCUT2D eigenvalue weighted by Gasteiger charge is -2.31. The van der Waals surface area contributed by atoms with Gasteiger partial charge in [-0.25, -0.2) is 31.5 Å². The molecular formula is C45H43F3N6O7S4. The largest absolute Gasteiger partial charge is 0.501 e. The minimum atomic E-state index is -6.04. The smallest absolute Gasteiger partial charge is 0.379 e. The lowest BCUT2D eigenvalue weighted by atomic mass is 9.94. The Kier molecular flexibility index (Phi) is 13.9. The Bertz CT molecular complexity index is 2900. The van der Waals surface area contributed by atoms with Gasteiger partial charge in [0.05, 0.1) is 33.2 Å². The maximum atomic E-state index is 14.3. The number of nitrogens with one attached hydrogen (secondary N) is 2. The number of aromatic nitrogens is 2. The van der Waals surface area contributed by atoms with Crippen molar-refractivity contribution in [1.82, 2.24) is 19.6 Å². The van der Waals surface area contributed by atoms with Crippen LogP contribution in [0.2, 0.25) is 0 Å². The van der Waals surface area contributed by atoms with Crippen molar-refractivity contribution in [3.8, 4) is 0 Å². The quantitative estimate of drug-likeness (QED) is 0.0970. The van der Waals surface area contributed by atoms with Gasteiger partial charge in [0.2, 0.25) is 0 Å². The van der Waals surface area contributed by atoms with Crippen LogP contribution in [0.25, 0.3) is 10.2 Å². The predicted octanol–water partition coefficient (Wildman–Crippen LogP) is 7.59. The van der Waals surface area contributed by atoms with E-state index in [9.17, 15) is 39.6 Å². The molecule has 1 saturated heterocycles. The SMILES string of the molecule is O=C(NS(=O)(=O)c1ccc(C[C@H](CCN2CCOCC2)CSc2ccccc2)c(S(=O)(=O)C(F)(F)F)c1)c1cccc(N2CCc3cccc(C(=O)Nc4nc5ccccc5s4)c3C2)n1. The van der Waals surface area contributed by atoms with Gasteiger partial charge in [-0.1, -0.05) is 65.9 Å². The first-order valence-corrected chi connectivity index (χ1v) is 25.4. The number of fused-ring (bicyclic) bond motifs is 2. The van der Waals surface area contributed by atoms with E-state index in [0.29, 0.717) is 80.6 Å². The summed E-state index contributed by atoms with van der Waals surface area (Å²) in [6.07, 6.45) is 0.969. The van der Waals surface area contributed by atoms with Crippen LogP contribution in [-0.2, 0) is 44.0 Å². The highest BCUT2D eigenvalue weighted by Gasteiger charge is 2.48. The molecule has 0 saturated carbocycles. The number of thioether (sulfide) groups is 1. The van der Waals surface area contributed by atoms with Crippen LogP contribution in [0, 0.1) is 5.92 Å². The number of morpholine rings is 1. The molecule has 1 fully saturated rings. The van der Waals surface area contributed by atoms with E-state index in [4.69, 9.17) is 4.74 Å². The normalized spacial score (nSPS) is 15.3. The van der Waals surface area contributed by atoms with E-state index in [2.05, 4.69) is 20.2 Å². The zero-order valence-electron chi connectivity index (χ0n) is 34.7. The number of sulfone groups is 1. The van der Waals surface area contributed by atoms with E-state index < -0.39 is 41.1 Å². The van der Waals surface area contributed by atoms with Gasteiger partial charge in [0, 0.05) is 42.4 Å². The molecule has 13 nitrogen and oxygen atoms in total. The minimum Gasteiger partial charge on any atom is -0.379 e. The van der Waals surface area contributed by atoms with Crippen LogP contribution in [0.15, 0.2) is 124 Å². The molecule has 0 unspecified atom stereocenters. The van der Waals surface area contributed by atoms with Crippen molar-refractivity contribution < 1.29 is 44.3 Å². The number of ether oxygens (including phenoxy) is 1. The molecule has 2 amide bonds. The van der Waals surface area contributed by atoms with Gasteiger partial charge in [-0.15, -0.1) is 11.8 Å². The highest BCUT2D eigenvalue weighted by molar-refractivity contribution is 7.99. The zero-order valence-corrected chi connectivity index (χ0v) is 37.9. The van der Waals surface area contributed by atoms with Crippen molar-refractivity contribution >= 4 is 75.9 Å². The average molecular weight is 965 g/mol. The van der Waals surface area contributed by atoms with E-state index in [1.807, 2.05) is 70.3 Å². The summed E-state index contributed by atoms with van der Waals surface area (Å²) in [6.45, 7) is 3.76. The first-order chi connectivity index (χ1) is 31.1. The summed E-state index contributed by atoms with van der Waals surface area (Å²) < 4.78 is 105. The van der Waals surface area contributed by atoms with Crippen molar-refractivity contribution in [2.24, 2.45) is 5.92 Å². The monoisotopic (exact) mass is 964 g/mol. The Morgan fingerprint density at radius 1 is 0.846 bits per heavy atom. The van der Waals surface area contributed by atoms with Gasteiger partial charge >= 0.3 is 5.51 Å². The van der Waals surface area contributed by atoms with E-state index in [1.54, 1.807) is 18.2 Å². The van der Waals surface area contributed by atoms with Crippen LogP contribution in [0.1, 0.15) is 44.0 Å². The number of nitrogens with zero attached hydrogens (tertiary/aromatic N) is 4. The van der Waals surface area contributed by atoms with Crippen molar-refractivity contribution in [3.05, 3.63) is 137 Å². The molecule has 0 aliphatic carbocycles. The molecule has 8 rings (SSSR count). The van der Waals surface area contributed by atoms with Crippen molar-refractivity contribution in [3.63, 3.8) is 0 Å². The average Bonchev–Trinajstić information content (AvgIpc) is 3.72. The number of carbonyl (C=O) groups excluding carboxylic acids is 2. The fraction of sp³-hybridized carbons (Fsp3) is 0.289. The molecule has 2 aliphatic heterocycles. The maximum absolute atomic E-state index is 14.3. The standard InChI is InChI=1S/C45H43F3N6O7S4/c46-45(47,48)64(57,58)40-27-34(17-16-32(40)26-30(18-20-53-22-24-61-25-23-53)29-62-33-9-2-1-3-10-33)65(59,60)52-43(56)38-13-7-15-41(49-38)54-21-19-31-8-6-11-35(36(31)28-54)42(55)51-44-50-37-12-4-5-14-39(37)63-44/h1-17,27,30H,18-26,28-29H2,(H,52,56)(H,50,51,55)/t30-/m0/s1. The number of halogens is 3. The summed E-state index contributed by atoms with van der Waals surface area (Å²) in [5.41, 5.74) is -3.37. The lowest BCUT2D eigenvalue weighted by Crippen LogP contribution is -2.37. The van der Waals surface area contributed by atoms with Crippen LogP contribution < -0.4 is 14.9 Å². The summed E-state index contributed by atoms with van der Waals surface area (Å²) in [6, 6.07) is 29.3. The first kappa shape index (κ1) is 46.2. The van der Waals surface area contributed by atoms with Crippen molar-refractivity contribution in [2.45, 2.75) is 46.0 Å². The lowest BCUT2D eigenvalue weighted by molar-refractivity contribution is -0.0436. The summed E-state index contributed by atoms with van der Waals surface area (Å²) in [4.78, 5) is 38.9. The van der Waals surface area contributed by atoms with Gasteiger partial charge in [-0.05, 0) is 103 Å². The number of amides is 2. The third-order valence-electron chi connectivity index (χ3n) is 11.2. The summed E-state index contributed by atoms with van der Waals surface area (Å²) >= 11 is 2.84. The molecule has 0 radical (unpaired) electrons. The number of hydrogen-bond donors (Lipinski definition) is 2. The highest BCUT2D eigenvalue weighted by atomic mass is 32.2. The second-order valence-electron chi connectivity index (χ2n) is 15.5. The predicted molar refractivity (Wildman–Crippen MR) is 244 cm³/mol. The van der Waals surface area contributed by atoms with Crippen LogP contribution in [-0.4, -0.2) is 94.2 Å². The van der Waals surface area contributed by atoms with Gasteiger partial charge in [0.15, 0.2) is 5.13 Å². The molecule has 6 aromatic rings. The Morgan fingerprint density at radius 3 is 2.37 bits per heavy atom. The van der Waals surface area contributed by atoms with E-state index >= 15 is 0 Å². The van der Waals surface area contributed by atoms with E-state index in [1.165, 1.54) is 35.2 Å². The van der Waals surface area contributed by atoms with Crippen LogP contribution >= 0.6 is 23.1 Å². The number of benzene rings is 4. The van der Waals surface area contributed by atoms with Crippen molar-refractivity contribution in [2.75, 3.05) is 55.4 Å². The van der Waals surface area contributed by atoms with Crippen LogP contribution in [0.5, 0.6) is 0 Å². The Labute approximate surface area is 382 Å². The molecule has 2 N–H and O–H groups in total. The number of para-hydroxylation sites is 1. The number of sulfonamides is 1. The van der Waals surface area contributed by atoms with Gasteiger partial charge in [-0.2, -0.15) is 13.2 Å². The highest BCUT2D eigenvalue weighted by Crippen LogP contribution is 2.36. The maximum Gasteiger partial charge on any atom is 0.501 e. The number of anilines is 2. The van der Waals surface area contributed by atoms with E-state index in [0.717, 1.165) is 38.4 Å². The third-order valence-corrected chi connectivity index (χ3v) is 16.3. The molecule has 20 heteroatoms. The molecule has 2 aromatic heterocycles. The third kappa shape index (κ3) is 10.8. The molecule has 1 atom stereocenters. The van der Waals surface area contributed by atoms with Crippen molar-refractivity contribution in [1.29, 1.82) is 0 Å². The van der Waals surface area contributed by atoms with Gasteiger partial charge in [0.1, 0.15) is 11.5 Å². The second kappa shape index (κ2) is 19.6.